The van der Waals surface area contributed by atoms with Crippen molar-refractivity contribution in [1.29, 1.82) is 0 Å². The molecule has 0 spiro atoms. The van der Waals surface area contributed by atoms with Crippen molar-refractivity contribution < 1.29 is 17.6 Å². The van der Waals surface area contributed by atoms with Gasteiger partial charge in [0.2, 0.25) is 0 Å². The number of hydrogen-bond acceptors (Lipinski definition) is 1. The van der Waals surface area contributed by atoms with Crippen LogP contribution in [0.15, 0.2) is 46.9 Å². The molecule has 0 saturated carbocycles. The van der Waals surface area contributed by atoms with E-state index in [0.29, 0.717) is 10.6 Å². The number of rotatable bonds is 1. The van der Waals surface area contributed by atoms with E-state index >= 15 is 0 Å². The number of benzene rings is 2. The Labute approximate surface area is 127 Å². The van der Waals surface area contributed by atoms with E-state index in [1.54, 1.807) is 0 Å². The maximum atomic E-state index is 13.4. The van der Waals surface area contributed by atoms with Crippen LogP contribution in [-0.2, 0) is 6.18 Å². The van der Waals surface area contributed by atoms with Crippen molar-refractivity contribution in [2.45, 2.75) is 6.18 Å². The maximum Gasteiger partial charge on any atom is 0.420 e. The minimum atomic E-state index is -4.55. The van der Waals surface area contributed by atoms with Crippen LogP contribution in [0.3, 0.4) is 0 Å². The van der Waals surface area contributed by atoms with E-state index in [-0.39, 0.29) is 21.8 Å². The number of hydrogen-bond donors (Lipinski definition) is 0. The molecule has 6 heteroatoms. The molecule has 0 unspecified atom stereocenters. The Hall–Kier alpha value is -1.65. The lowest BCUT2D eigenvalue weighted by Crippen LogP contribution is -2.05. The van der Waals surface area contributed by atoms with Crippen LogP contribution < -0.4 is 0 Å². The first-order valence-corrected chi connectivity index (χ1v) is 6.67. The normalized spacial score (nSPS) is 12.0. The summed E-state index contributed by atoms with van der Waals surface area (Å²) in [5.74, 6) is -0.239. The lowest BCUT2D eigenvalue weighted by molar-refractivity contribution is -0.136. The number of furan rings is 1. The number of fused-ring (bicyclic) bond motifs is 1. The van der Waals surface area contributed by atoms with Crippen molar-refractivity contribution in [1.82, 2.24) is 0 Å². The van der Waals surface area contributed by atoms with Gasteiger partial charge in [-0.25, -0.2) is 0 Å². The van der Waals surface area contributed by atoms with E-state index in [1.165, 1.54) is 42.5 Å². The minimum Gasteiger partial charge on any atom is -0.455 e. The first-order valence-electron chi connectivity index (χ1n) is 5.91. The molecule has 108 valence electrons. The van der Waals surface area contributed by atoms with Gasteiger partial charge >= 0.3 is 6.18 Å². The fourth-order valence-electron chi connectivity index (χ4n) is 2.16. The van der Waals surface area contributed by atoms with Gasteiger partial charge in [0.25, 0.3) is 0 Å². The standard InChI is InChI=1S/C15H7Cl2F3O/c16-9-3-1-8(2-4-9)14-13(15(18,19)20)11-7-10(17)5-6-12(11)21-14/h1-7H. The Bertz CT molecular complexity index is 804. The Balaban J connectivity index is 2.34. The van der Waals surface area contributed by atoms with E-state index in [2.05, 4.69) is 0 Å². The third-order valence-corrected chi connectivity index (χ3v) is 3.53. The smallest absolute Gasteiger partial charge is 0.420 e. The van der Waals surface area contributed by atoms with Crippen molar-refractivity contribution in [2.24, 2.45) is 0 Å². The first-order chi connectivity index (χ1) is 9.86. The van der Waals surface area contributed by atoms with Crippen LogP contribution >= 0.6 is 23.2 Å². The van der Waals surface area contributed by atoms with Crippen LogP contribution in [0.25, 0.3) is 22.3 Å². The second-order valence-electron chi connectivity index (χ2n) is 4.45. The summed E-state index contributed by atoms with van der Waals surface area (Å²) in [7, 11) is 0. The second kappa shape index (κ2) is 4.97. The van der Waals surface area contributed by atoms with Crippen molar-refractivity contribution in [2.75, 3.05) is 0 Å². The summed E-state index contributed by atoms with van der Waals surface area (Å²) in [5.41, 5.74) is -0.391. The molecule has 0 aliphatic heterocycles. The van der Waals surface area contributed by atoms with E-state index in [0.717, 1.165) is 0 Å². The van der Waals surface area contributed by atoms with Gasteiger partial charge in [-0.3, -0.25) is 0 Å². The Morgan fingerprint density at radius 1 is 0.857 bits per heavy atom. The van der Waals surface area contributed by atoms with Gasteiger partial charge < -0.3 is 4.42 Å². The van der Waals surface area contributed by atoms with Gasteiger partial charge in [0.1, 0.15) is 16.9 Å². The third-order valence-electron chi connectivity index (χ3n) is 3.04. The summed E-state index contributed by atoms with van der Waals surface area (Å²) in [6.07, 6.45) is -4.55. The summed E-state index contributed by atoms with van der Waals surface area (Å²) in [5, 5.41) is 0.600. The van der Waals surface area contributed by atoms with E-state index in [4.69, 9.17) is 27.6 Å². The van der Waals surface area contributed by atoms with Gasteiger partial charge in [0.05, 0.1) is 0 Å². The SMILES string of the molecule is FC(F)(F)c1c(-c2ccc(Cl)cc2)oc2ccc(Cl)cc12. The Morgan fingerprint density at radius 2 is 1.48 bits per heavy atom. The summed E-state index contributed by atoms with van der Waals surface area (Å²) in [6, 6.07) is 10.1. The quantitative estimate of drug-likeness (QED) is 0.501. The van der Waals surface area contributed by atoms with Gasteiger partial charge in [-0.2, -0.15) is 13.2 Å². The molecule has 1 aromatic heterocycles. The highest BCUT2D eigenvalue weighted by Crippen LogP contribution is 2.44. The van der Waals surface area contributed by atoms with Crippen LogP contribution in [0.1, 0.15) is 5.56 Å². The monoisotopic (exact) mass is 330 g/mol. The molecule has 1 nitrogen and oxygen atoms in total. The molecular weight excluding hydrogens is 324 g/mol. The van der Waals surface area contributed by atoms with Crippen LogP contribution in [0.5, 0.6) is 0 Å². The lowest BCUT2D eigenvalue weighted by Gasteiger charge is -2.07. The molecule has 0 fully saturated rings. The molecule has 0 amide bonds. The minimum absolute atomic E-state index is 0.0556. The highest BCUT2D eigenvalue weighted by Gasteiger charge is 2.39. The second-order valence-corrected chi connectivity index (χ2v) is 5.32. The number of halogens is 5. The molecule has 3 rings (SSSR count). The summed E-state index contributed by atoms with van der Waals surface area (Å²) < 4.78 is 45.5. The average molecular weight is 331 g/mol. The van der Waals surface area contributed by atoms with E-state index in [9.17, 15) is 13.2 Å². The molecule has 0 aliphatic rings. The molecule has 0 bridgehead atoms. The molecule has 0 radical (unpaired) electrons. The largest absolute Gasteiger partial charge is 0.455 e. The zero-order valence-corrected chi connectivity index (χ0v) is 11.9. The first kappa shape index (κ1) is 14.3. The summed E-state index contributed by atoms with van der Waals surface area (Å²) in [4.78, 5) is 0. The molecule has 2 aromatic carbocycles. The Kier molecular flexibility index (Phi) is 3.38. The van der Waals surface area contributed by atoms with Crippen molar-refractivity contribution >= 4 is 34.2 Å². The molecule has 1 heterocycles. The van der Waals surface area contributed by atoms with E-state index in [1.807, 2.05) is 0 Å². The zero-order chi connectivity index (χ0) is 15.2. The molecule has 0 atom stereocenters. The molecule has 0 aliphatic carbocycles. The summed E-state index contributed by atoms with van der Waals surface area (Å²) >= 11 is 11.5. The van der Waals surface area contributed by atoms with Gasteiger partial charge in [-0.1, -0.05) is 23.2 Å². The van der Waals surface area contributed by atoms with Crippen LogP contribution in [-0.4, -0.2) is 0 Å². The Morgan fingerprint density at radius 3 is 2.10 bits per heavy atom. The fraction of sp³-hybridized carbons (Fsp3) is 0.0667. The molecule has 21 heavy (non-hydrogen) atoms. The predicted molar refractivity (Wildman–Crippen MR) is 76.7 cm³/mol. The highest BCUT2D eigenvalue weighted by molar-refractivity contribution is 6.31. The van der Waals surface area contributed by atoms with Crippen molar-refractivity contribution in [3.63, 3.8) is 0 Å². The topological polar surface area (TPSA) is 13.1 Å². The third kappa shape index (κ3) is 2.61. The number of alkyl halides is 3. The van der Waals surface area contributed by atoms with Gasteiger partial charge in [-0.05, 0) is 42.5 Å². The van der Waals surface area contributed by atoms with Gasteiger partial charge in [-0.15, -0.1) is 0 Å². The highest BCUT2D eigenvalue weighted by atomic mass is 35.5. The zero-order valence-electron chi connectivity index (χ0n) is 10.3. The average Bonchev–Trinajstić information content (AvgIpc) is 2.77. The van der Waals surface area contributed by atoms with Crippen LogP contribution in [0, 0.1) is 0 Å². The van der Waals surface area contributed by atoms with Crippen molar-refractivity contribution in [3.8, 4) is 11.3 Å². The van der Waals surface area contributed by atoms with Crippen LogP contribution in [0.4, 0.5) is 13.2 Å². The maximum absolute atomic E-state index is 13.4. The molecule has 3 aromatic rings. The van der Waals surface area contributed by atoms with Gasteiger partial charge in [0.15, 0.2) is 0 Å². The molecular formula is C15H7Cl2F3O. The predicted octanol–water partition coefficient (Wildman–Crippen LogP) is 6.43. The lowest BCUT2D eigenvalue weighted by atomic mass is 10.1. The fourth-order valence-corrected chi connectivity index (χ4v) is 2.45. The molecule has 0 N–H and O–H groups in total. The van der Waals surface area contributed by atoms with E-state index < -0.39 is 11.7 Å². The van der Waals surface area contributed by atoms with Crippen LogP contribution in [0.2, 0.25) is 10.0 Å². The molecule has 0 saturated heterocycles. The van der Waals surface area contributed by atoms with Gasteiger partial charge in [0, 0.05) is 21.0 Å². The summed E-state index contributed by atoms with van der Waals surface area (Å²) in [6.45, 7) is 0. The van der Waals surface area contributed by atoms with Crippen molar-refractivity contribution in [3.05, 3.63) is 58.1 Å².